The SMILES string of the molecule is COC1(Cc2ccccc2Br)CCC(N2CCN(/C(N)=N\S(=O)(=O)c3ccc(N[C@H](CCN(C)C)CSc4ccccc4)c([N+](=O)[O-])c3)CC2)CC1. The van der Waals surface area contributed by atoms with E-state index in [9.17, 15) is 18.5 Å². The normalized spacial score (nSPS) is 20.9. The van der Waals surface area contributed by atoms with Crippen LogP contribution in [-0.4, -0.2) is 111 Å². The van der Waals surface area contributed by atoms with Crippen LogP contribution in [0.5, 0.6) is 0 Å². The van der Waals surface area contributed by atoms with Crippen molar-refractivity contribution in [2.75, 3.05) is 65.0 Å². The molecule has 2 aliphatic rings. The maximum atomic E-state index is 13.4. The fraction of sp³-hybridized carbons (Fsp3) is 0.486. The lowest BCUT2D eigenvalue weighted by Crippen LogP contribution is -2.55. The molecule has 1 aliphatic carbocycles. The molecule has 1 saturated carbocycles. The van der Waals surface area contributed by atoms with E-state index >= 15 is 0 Å². The van der Waals surface area contributed by atoms with Crippen LogP contribution >= 0.6 is 27.7 Å². The zero-order chi connectivity index (χ0) is 37.3. The summed E-state index contributed by atoms with van der Waals surface area (Å²) < 4.78 is 38.0. The molecule has 0 radical (unpaired) electrons. The number of ether oxygens (including phenoxy) is 1. The molecule has 0 aromatic heterocycles. The highest BCUT2D eigenvalue weighted by atomic mass is 79.9. The zero-order valence-corrected chi connectivity index (χ0v) is 33.3. The van der Waals surface area contributed by atoms with Gasteiger partial charge in [0.2, 0.25) is 5.96 Å². The highest BCUT2D eigenvalue weighted by Crippen LogP contribution is 2.38. The second-order valence-electron chi connectivity index (χ2n) is 13.8. The van der Waals surface area contributed by atoms with Crippen molar-refractivity contribution in [3.63, 3.8) is 0 Å². The van der Waals surface area contributed by atoms with E-state index in [1.807, 2.05) is 57.6 Å². The quantitative estimate of drug-likeness (QED) is 0.0606. The van der Waals surface area contributed by atoms with E-state index in [2.05, 4.69) is 53.6 Å². The van der Waals surface area contributed by atoms with E-state index in [4.69, 9.17) is 10.5 Å². The van der Waals surface area contributed by atoms with Gasteiger partial charge in [0.15, 0.2) is 0 Å². The molecule has 5 rings (SSSR count). The number of nitrogens with one attached hydrogen (secondary N) is 1. The number of nitro groups is 1. The van der Waals surface area contributed by atoms with Crippen LogP contribution in [0.2, 0.25) is 0 Å². The third kappa shape index (κ3) is 10.7. The van der Waals surface area contributed by atoms with Crippen molar-refractivity contribution < 1.29 is 18.1 Å². The number of benzene rings is 3. The Bertz CT molecular complexity index is 1780. The molecule has 282 valence electrons. The highest BCUT2D eigenvalue weighted by Gasteiger charge is 2.38. The van der Waals surface area contributed by atoms with Gasteiger partial charge >= 0.3 is 0 Å². The van der Waals surface area contributed by atoms with Crippen molar-refractivity contribution >= 4 is 55.0 Å². The molecular formula is C37H50BrN7O5S2. The van der Waals surface area contributed by atoms with E-state index in [0.717, 1.165) is 73.6 Å². The van der Waals surface area contributed by atoms with Crippen LogP contribution in [0.4, 0.5) is 11.4 Å². The molecule has 3 N–H and O–H groups in total. The minimum absolute atomic E-state index is 0.103. The topological polar surface area (TPSA) is 147 Å². The number of guanidine groups is 1. The van der Waals surface area contributed by atoms with Gasteiger partial charge < -0.3 is 25.6 Å². The third-order valence-corrected chi connectivity index (χ3v) is 13.3. The van der Waals surface area contributed by atoms with Gasteiger partial charge in [-0.05, 0) is 88.6 Å². The lowest BCUT2D eigenvalue weighted by atomic mass is 9.77. The Kier molecular flexibility index (Phi) is 14.0. The van der Waals surface area contributed by atoms with Crippen molar-refractivity contribution in [2.45, 2.75) is 66.0 Å². The maximum absolute atomic E-state index is 13.4. The molecule has 1 heterocycles. The molecule has 1 atom stereocenters. The van der Waals surface area contributed by atoms with Crippen molar-refractivity contribution in [1.29, 1.82) is 0 Å². The van der Waals surface area contributed by atoms with Gasteiger partial charge in [0.25, 0.3) is 15.7 Å². The Morgan fingerprint density at radius 2 is 1.77 bits per heavy atom. The number of anilines is 1. The van der Waals surface area contributed by atoms with Gasteiger partial charge in [-0.1, -0.05) is 52.3 Å². The van der Waals surface area contributed by atoms with Gasteiger partial charge in [0, 0.05) is 73.0 Å². The lowest BCUT2D eigenvalue weighted by molar-refractivity contribution is -0.384. The number of nitrogens with two attached hydrogens (primary N) is 1. The molecule has 1 aliphatic heterocycles. The Morgan fingerprint density at radius 3 is 2.40 bits per heavy atom. The van der Waals surface area contributed by atoms with Crippen LogP contribution in [0.25, 0.3) is 0 Å². The first-order chi connectivity index (χ1) is 24.9. The monoisotopic (exact) mass is 815 g/mol. The summed E-state index contributed by atoms with van der Waals surface area (Å²) in [5.41, 5.74) is 7.26. The number of piperazine rings is 1. The van der Waals surface area contributed by atoms with Gasteiger partial charge in [-0.2, -0.15) is 8.42 Å². The average molecular weight is 817 g/mol. The Morgan fingerprint density at radius 1 is 1.10 bits per heavy atom. The summed E-state index contributed by atoms with van der Waals surface area (Å²) in [6.07, 6.45) is 5.55. The van der Waals surface area contributed by atoms with Crippen LogP contribution < -0.4 is 11.1 Å². The van der Waals surface area contributed by atoms with E-state index in [0.29, 0.717) is 24.9 Å². The lowest BCUT2D eigenvalue weighted by Gasteiger charge is -2.45. The number of sulfonamides is 1. The van der Waals surface area contributed by atoms with Crippen LogP contribution in [0.1, 0.15) is 37.7 Å². The molecule has 52 heavy (non-hydrogen) atoms. The first-order valence-corrected chi connectivity index (χ1v) is 20.9. The number of methoxy groups -OCH3 is 1. The second-order valence-corrected chi connectivity index (χ2v) is 17.4. The number of rotatable bonds is 15. The van der Waals surface area contributed by atoms with Gasteiger partial charge in [0.05, 0.1) is 15.4 Å². The number of thioether (sulfide) groups is 1. The number of hydrogen-bond acceptors (Lipinski definition) is 9. The molecule has 3 aromatic rings. The van der Waals surface area contributed by atoms with Gasteiger partial charge in [-0.3, -0.25) is 15.0 Å². The fourth-order valence-corrected chi connectivity index (χ4v) is 9.36. The minimum atomic E-state index is -4.31. The van der Waals surface area contributed by atoms with E-state index in [-0.39, 0.29) is 33.9 Å². The number of nitro benzene ring substituents is 1. The minimum Gasteiger partial charge on any atom is -0.378 e. The van der Waals surface area contributed by atoms with E-state index in [1.165, 1.54) is 17.7 Å². The summed E-state index contributed by atoms with van der Waals surface area (Å²) in [6, 6.07) is 22.4. The molecular weight excluding hydrogens is 766 g/mol. The van der Waals surface area contributed by atoms with Crippen molar-refractivity contribution in [3.8, 4) is 0 Å². The molecule has 2 fully saturated rings. The predicted molar refractivity (Wildman–Crippen MR) is 213 cm³/mol. The van der Waals surface area contributed by atoms with Gasteiger partial charge in [-0.25, -0.2) is 0 Å². The number of halogens is 1. The first kappa shape index (κ1) is 40.0. The predicted octanol–water partition coefficient (Wildman–Crippen LogP) is 6.07. The van der Waals surface area contributed by atoms with E-state index < -0.39 is 14.9 Å². The van der Waals surface area contributed by atoms with Crippen molar-refractivity contribution in [3.05, 3.63) is 92.9 Å². The molecule has 0 spiro atoms. The van der Waals surface area contributed by atoms with E-state index in [1.54, 1.807) is 16.7 Å². The molecule has 1 saturated heterocycles. The summed E-state index contributed by atoms with van der Waals surface area (Å²) in [5.74, 6) is 0.561. The van der Waals surface area contributed by atoms with Crippen LogP contribution in [0.15, 0.2) is 91.5 Å². The molecule has 0 amide bonds. The van der Waals surface area contributed by atoms with Crippen molar-refractivity contribution in [1.82, 2.24) is 14.7 Å². The smallest absolute Gasteiger partial charge is 0.293 e. The summed E-state index contributed by atoms with van der Waals surface area (Å²) >= 11 is 5.34. The molecule has 12 nitrogen and oxygen atoms in total. The highest BCUT2D eigenvalue weighted by molar-refractivity contribution is 9.10. The molecule has 0 bridgehead atoms. The Labute approximate surface area is 320 Å². The number of nitrogens with zero attached hydrogens (tertiary/aromatic N) is 5. The molecule has 15 heteroatoms. The summed E-state index contributed by atoms with van der Waals surface area (Å²) in [6.45, 7) is 3.30. The fourth-order valence-electron chi connectivity index (χ4n) is 6.98. The molecule has 3 aromatic carbocycles. The summed E-state index contributed by atoms with van der Waals surface area (Å²) in [7, 11) is 1.46. The van der Waals surface area contributed by atoms with Crippen LogP contribution in [0.3, 0.4) is 0 Å². The van der Waals surface area contributed by atoms with Crippen molar-refractivity contribution in [2.24, 2.45) is 10.1 Å². The second kappa shape index (κ2) is 18.2. The van der Waals surface area contributed by atoms with Gasteiger partial charge in [-0.15, -0.1) is 16.2 Å². The maximum Gasteiger partial charge on any atom is 0.293 e. The third-order valence-electron chi connectivity index (χ3n) is 10.1. The zero-order valence-electron chi connectivity index (χ0n) is 30.1. The first-order valence-electron chi connectivity index (χ1n) is 17.6. The van der Waals surface area contributed by atoms with Crippen LogP contribution in [0, 0.1) is 10.1 Å². The van der Waals surface area contributed by atoms with Gasteiger partial charge in [0.1, 0.15) is 5.69 Å². The Balaban J connectivity index is 1.19. The molecule has 0 unspecified atom stereocenters. The Hall–Kier alpha value is -3.21. The largest absolute Gasteiger partial charge is 0.378 e. The summed E-state index contributed by atoms with van der Waals surface area (Å²) in [4.78, 5) is 18.7. The van der Waals surface area contributed by atoms with Crippen LogP contribution in [-0.2, 0) is 21.2 Å². The number of hydrogen-bond donors (Lipinski definition) is 2. The average Bonchev–Trinajstić information content (AvgIpc) is 3.14. The summed E-state index contributed by atoms with van der Waals surface area (Å²) in [5, 5.41) is 15.5. The standard InChI is InChI=1S/C37H50BrN7O5S2/c1-42(2)20-17-29(27-51-31-10-5-4-6-11-31)40-34-14-13-32(25-35(34)45(46)47)52(48,49)41-36(39)44-23-21-43(22-24-44)30-15-18-37(50-3,19-16-30)26-28-9-7-8-12-33(28)38/h4-14,25,29-30,40H,15-24,26-27H2,1-3H3,(H2,39,41)/t29-,30?,37?/m1/s1.